The average molecular weight is 384 g/mol. The fraction of sp³-hybridized carbons (Fsp3) is 0.235. The Balaban J connectivity index is 1.56. The molecule has 4 aromatic rings. The zero-order valence-corrected chi connectivity index (χ0v) is 15.5. The predicted octanol–water partition coefficient (Wildman–Crippen LogP) is 1.78. The SMILES string of the molecule is CCOc1cccc2sc(NC(=O)Cn3cnc4c(cnn4C)c3=O)nc12. The molecule has 0 aliphatic heterocycles. The van der Waals surface area contributed by atoms with Gasteiger partial charge in [0.05, 0.1) is 17.5 Å². The van der Waals surface area contributed by atoms with Crippen molar-refractivity contribution in [3.8, 4) is 5.75 Å². The van der Waals surface area contributed by atoms with Gasteiger partial charge in [-0.15, -0.1) is 0 Å². The zero-order chi connectivity index (χ0) is 19.0. The van der Waals surface area contributed by atoms with Gasteiger partial charge in [0.2, 0.25) is 5.91 Å². The summed E-state index contributed by atoms with van der Waals surface area (Å²) in [6.45, 7) is 2.27. The summed E-state index contributed by atoms with van der Waals surface area (Å²) in [4.78, 5) is 33.4. The van der Waals surface area contributed by atoms with Crippen LogP contribution in [0.2, 0.25) is 0 Å². The van der Waals surface area contributed by atoms with Gasteiger partial charge in [-0.05, 0) is 19.1 Å². The minimum absolute atomic E-state index is 0.162. The lowest BCUT2D eigenvalue weighted by Crippen LogP contribution is -2.27. The summed E-state index contributed by atoms with van der Waals surface area (Å²) in [5.41, 5.74) is 0.868. The van der Waals surface area contributed by atoms with Gasteiger partial charge in [0.1, 0.15) is 29.5 Å². The molecule has 4 rings (SSSR count). The van der Waals surface area contributed by atoms with Gasteiger partial charge >= 0.3 is 0 Å². The Morgan fingerprint density at radius 1 is 1.37 bits per heavy atom. The van der Waals surface area contributed by atoms with Crippen LogP contribution in [0.15, 0.2) is 35.5 Å². The highest BCUT2D eigenvalue weighted by Crippen LogP contribution is 2.32. The lowest BCUT2D eigenvalue weighted by Gasteiger charge is -2.05. The van der Waals surface area contributed by atoms with Crippen molar-refractivity contribution in [2.45, 2.75) is 13.5 Å². The first kappa shape index (κ1) is 17.2. The average Bonchev–Trinajstić information content (AvgIpc) is 3.22. The van der Waals surface area contributed by atoms with E-state index >= 15 is 0 Å². The van der Waals surface area contributed by atoms with Crippen molar-refractivity contribution in [1.29, 1.82) is 0 Å². The Bertz CT molecular complexity index is 1210. The van der Waals surface area contributed by atoms with Crippen LogP contribution < -0.4 is 15.6 Å². The summed E-state index contributed by atoms with van der Waals surface area (Å²) in [6, 6.07) is 5.63. The van der Waals surface area contributed by atoms with E-state index in [4.69, 9.17) is 4.74 Å². The molecule has 10 heteroatoms. The summed E-state index contributed by atoms with van der Waals surface area (Å²) in [5.74, 6) is 0.313. The van der Waals surface area contributed by atoms with Crippen LogP contribution in [0, 0.1) is 0 Å². The Kier molecular flexibility index (Phi) is 4.32. The van der Waals surface area contributed by atoms with Crippen LogP contribution >= 0.6 is 11.3 Å². The van der Waals surface area contributed by atoms with E-state index in [1.54, 1.807) is 7.05 Å². The van der Waals surface area contributed by atoms with Gasteiger partial charge in [0.25, 0.3) is 5.56 Å². The van der Waals surface area contributed by atoms with E-state index in [2.05, 4.69) is 20.4 Å². The van der Waals surface area contributed by atoms with E-state index in [1.807, 2.05) is 25.1 Å². The molecule has 0 aliphatic carbocycles. The lowest BCUT2D eigenvalue weighted by molar-refractivity contribution is -0.116. The third kappa shape index (κ3) is 3.14. The first-order chi connectivity index (χ1) is 13.1. The van der Waals surface area contributed by atoms with E-state index < -0.39 is 0 Å². The molecule has 0 fully saturated rings. The number of ether oxygens (including phenoxy) is 1. The van der Waals surface area contributed by atoms with Crippen LogP contribution in [0.5, 0.6) is 5.75 Å². The number of benzene rings is 1. The summed E-state index contributed by atoms with van der Waals surface area (Å²) in [5, 5.41) is 7.57. The van der Waals surface area contributed by atoms with Crippen molar-refractivity contribution < 1.29 is 9.53 Å². The highest BCUT2D eigenvalue weighted by molar-refractivity contribution is 7.22. The fourth-order valence-corrected chi connectivity index (χ4v) is 3.64. The van der Waals surface area contributed by atoms with E-state index in [9.17, 15) is 9.59 Å². The summed E-state index contributed by atoms with van der Waals surface area (Å²) in [7, 11) is 1.70. The quantitative estimate of drug-likeness (QED) is 0.562. The van der Waals surface area contributed by atoms with Gasteiger partial charge in [0, 0.05) is 7.05 Å². The summed E-state index contributed by atoms with van der Waals surface area (Å²) < 4.78 is 9.23. The number of carbonyl (C=O) groups excluding carboxylic acids is 1. The van der Waals surface area contributed by atoms with E-state index in [0.29, 0.717) is 34.0 Å². The Labute approximate surface area is 157 Å². The Hall–Kier alpha value is -3.27. The van der Waals surface area contributed by atoms with Crippen molar-refractivity contribution >= 4 is 43.6 Å². The number of aromatic nitrogens is 5. The second-order valence-electron chi connectivity index (χ2n) is 5.79. The van der Waals surface area contributed by atoms with Gasteiger partial charge < -0.3 is 10.1 Å². The van der Waals surface area contributed by atoms with Crippen molar-refractivity contribution in [3.05, 3.63) is 41.1 Å². The number of amides is 1. The van der Waals surface area contributed by atoms with Gasteiger partial charge in [-0.2, -0.15) is 5.10 Å². The first-order valence-electron chi connectivity index (χ1n) is 8.26. The molecular weight excluding hydrogens is 368 g/mol. The molecule has 0 radical (unpaired) electrons. The molecule has 27 heavy (non-hydrogen) atoms. The number of aryl methyl sites for hydroxylation is 1. The van der Waals surface area contributed by atoms with E-state index in [1.165, 1.54) is 33.1 Å². The molecule has 1 amide bonds. The standard InChI is InChI=1S/C17H16N6O3S/c1-3-26-11-5-4-6-12-14(11)21-17(27-12)20-13(24)8-23-9-18-15-10(16(23)25)7-19-22(15)2/h4-7,9H,3,8H2,1-2H3,(H,20,21,24). The number of para-hydroxylation sites is 1. The molecule has 0 unspecified atom stereocenters. The van der Waals surface area contributed by atoms with Crippen molar-refractivity contribution in [3.63, 3.8) is 0 Å². The largest absolute Gasteiger partial charge is 0.492 e. The van der Waals surface area contributed by atoms with Gasteiger partial charge in [0.15, 0.2) is 10.8 Å². The maximum absolute atomic E-state index is 12.4. The normalized spacial score (nSPS) is 11.2. The molecule has 0 bridgehead atoms. The number of nitrogens with one attached hydrogen (secondary N) is 1. The smallest absolute Gasteiger partial charge is 0.264 e. The number of hydrogen-bond donors (Lipinski definition) is 1. The molecule has 3 heterocycles. The number of fused-ring (bicyclic) bond motifs is 2. The Morgan fingerprint density at radius 3 is 3.04 bits per heavy atom. The number of thiazole rings is 1. The van der Waals surface area contributed by atoms with Crippen molar-refractivity contribution in [2.24, 2.45) is 7.05 Å². The highest BCUT2D eigenvalue weighted by Gasteiger charge is 2.14. The lowest BCUT2D eigenvalue weighted by atomic mass is 10.3. The number of rotatable bonds is 5. The van der Waals surface area contributed by atoms with Crippen molar-refractivity contribution in [1.82, 2.24) is 24.3 Å². The second kappa shape index (κ2) is 6.80. The molecule has 3 aromatic heterocycles. The fourth-order valence-electron chi connectivity index (χ4n) is 2.74. The van der Waals surface area contributed by atoms with E-state index in [0.717, 1.165) is 4.70 Å². The highest BCUT2D eigenvalue weighted by atomic mass is 32.1. The summed E-state index contributed by atoms with van der Waals surface area (Å²) >= 11 is 1.35. The molecule has 9 nitrogen and oxygen atoms in total. The van der Waals surface area contributed by atoms with Gasteiger partial charge in [-0.25, -0.2) is 9.97 Å². The number of nitrogens with zero attached hydrogens (tertiary/aromatic N) is 5. The maximum atomic E-state index is 12.4. The molecule has 138 valence electrons. The first-order valence-corrected chi connectivity index (χ1v) is 9.08. The third-order valence-electron chi connectivity index (χ3n) is 3.96. The minimum atomic E-state index is -0.362. The number of carbonyl (C=O) groups is 1. The van der Waals surface area contributed by atoms with Crippen LogP contribution in [-0.2, 0) is 18.4 Å². The number of anilines is 1. The van der Waals surface area contributed by atoms with Crippen LogP contribution in [0.3, 0.4) is 0 Å². The van der Waals surface area contributed by atoms with Gasteiger partial charge in [-0.3, -0.25) is 18.8 Å². The molecular formula is C17H16N6O3S. The molecule has 0 saturated heterocycles. The molecule has 0 atom stereocenters. The van der Waals surface area contributed by atoms with Crippen LogP contribution in [0.4, 0.5) is 5.13 Å². The van der Waals surface area contributed by atoms with Crippen LogP contribution in [-0.4, -0.2) is 36.8 Å². The second-order valence-corrected chi connectivity index (χ2v) is 6.82. The zero-order valence-electron chi connectivity index (χ0n) is 14.7. The van der Waals surface area contributed by atoms with E-state index in [-0.39, 0.29) is 18.0 Å². The minimum Gasteiger partial charge on any atom is -0.492 e. The maximum Gasteiger partial charge on any atom is 0.264 e. The molecule has 0 aliphatic rings. The molecule has 1 N–H and O–H groups in total. The molecule has 0 saturated carbocycles. The summed E-state index contributed by atoms with van der Waals surface area (Å²) in [6.07, 6.45) is 2.79. The Morgan fingerprint density at radius 2 is 2.22 bits per heavy atom. The topological polar surface area (TPSA) is 104 Å². The van der Waals surface area contributed by atoms with Crippen LogP contribution in [0.25, 0.3) is 21.3 Å². The monoisotopic (exact) mass is 384 g/mol. The molecule has 0 spiro atoms. The molecule has 1 aromatic carbocycles. The van der Waals surface area contributed by atoms with Crippen LogP contribution in [0.1, 0.15) is 6.92 Å². The van der Waals surface area contributed by atoms with Crippen molar-refractivity contribution in [2.75, 3.05) is 11.9 Å². The predicted molar refractivity (Wildman–Crippen MR) is 102 cm³/mol. The van der Waals surface area contributed by atoms with Gasteiger partial charge in [-0.1, -0.05) is 17.4 Å². The number of hydrogen-bond acceptors (Lipinski definition) is 7. The third-order valence-corrected chi connectivity index (χ3v) is 4.90.